The monoisotopic (exact) mass is 405 g/mol. The zero-order valence-corrected chi connectivity index (χ0v) is 17.1. The van der Waals surface area contributed by atoms with Gasteiger partial charge in [0.05, 0.1) is 6.54 Å². The molecule has 2 rings (SSSR count). The van der Waals surface area contributed by atoms with Crippen molar-refractivity contribution < 1.29 is 19.1 Å². The number of para-hydroxylation sites is 1. The number of hydrogen-bond acceptors (Lipinski definition) is 5. The molecule has 30 heavy (non-hydrogen) atoms. The minimum atomic E-state index is -0.909. The van der Waals surface area contributed by atoms with Crippen molar-refractivity contribution in [2.24, 2.45) is 0 Å². The van der Waals surface area contributed by atoms with Gasteiger partial charge in [0, 0.05) is 5.69 Å². The van der Waals surface area contributed by atoms with E-state index in [1.54, 1.807) is 18.2 Å². The highest BCUT2D eigenvalue weighted by Crippen LogP contribution is 2.19. The number of anilines is 1. The maximum Gasteiger partial charge on any atom is 0.349 e. The zero-order valence-electron chi connectivity index (χ0n) is 17.1. The number of amides is 2. The van der Waals surface area contributed by atoms with Crippen LogP contribution in [0.15, 0.2) is 48.0 Å². The fourth-order valence-corrected chi connectivity index (χ4v) is 2.60. The fraction of sp³-hybridized carbons (Fsp3) is 0.217. The van der Waals surface area contributed by atoms with Gasteiger partial charge < -0.3 is 15.4 Å². The maximum atomic E-state index is 12.1. The van der Waals surface area contributed by atoms with Crippen LogP contribution < -0.4 is 10.6 Å². The SMILES string of the molecule is Cc1ccc(/C=C(\C#N)C(=O)OCC(=O)NCC(=O)Nc2c(C)cccc2C)cc1. The number of hydrogen-bond donors (Lipinski definition) is 2. The Kier molecular flexibility index (Phi) is 7.89. The molecule has 0 heterocycles. The Morgan fingerprint density at radius 3 is 2.23 bits per heavy atom. The number of nitrogens with zero attached hydrogens (tertiary/aromatic N) is 1. The van der Waals surface area contributed by atoms with Crippen molar-refractivity contribution >= 4 is 29.5 Å². The van der Waals surface area contributed by atoms with Crippen LogP contribution in [0.4, 0.5) is 5.69 Å². The lowest BCUT2D eigenvalue weighted by molar-refractivity contribution is -0.144. The minimum Gasteiger partial charge on any atom is -0.451 e. The van der Waals surface area contributed by atoms with E-state index in [0.29, 0.717) is 11.3 Å². The lowest BCUT2D eigenvalue weighted by Crippen LogP contribution is -2.35. The third-order valence-corrected chi connectivity index (χ3v) is 4.25. The Morgan fingerprint density at radius 2 is 1.63 bits per heavy atom. The Hall–Kier alpha value is -3.92. The summed E-state index contributed by atoms with van der Waals surface area (Å²) in [6.07, 6.45) is 1.39. The second kappa shape index (κ2) is 10.6. The van der Waals surface area contributed by atoms with E-state index in [1.165, 1.54) is 6.08 Å². The van der Waals surface area contributed by atoms with Crippen LogP contribution in [0.5, 0.6) is 0 Å². The first-order valence-corrected chi connectivity index (χ1v) is 9.28. The fourth-order valence-electron chi connectivity index (χ4n) is 2.60. The van der Waals surface area contributed by atoms with Crippen molar-refractivity contribution in [3.8, 4) is 6.07 Å². The lowest BCUT2D eigenvalue weighted by atomic mass is 10.1. The summed E-state index contributed by atoms with van der Waals surface area (Å²) in [5.74, 6) is -1.95. The predicted molar refractivity (Wildman–Crippen MR) is 113 cm³/mol. The number of esters is 1. The number of carbonyl (C=O) groups excluding carboxylic acids is 3. The maximum absolute atomic E-state index is 12.1. The Labute approximate surface area is 175 Å². The molecule has 0 bridgehead atoms. The molecule has 0 fully saturated rings. The number of benzene rings is 2. The van der Waals surface area contributed by atoms with E-state index >= 15 is 0 Å². The molecular weight excluding hydrogens is 382 g/mol. The van der Waals surface area contributed by atoms with Crippen molar-refractivity contribution in [1.29, 1.82) is 5.26 Å². The number of ether oxygens (including phenoxy) is 1. The molecule has 0 aliphatic rings. The van der Waals surface area contributed by atoms with Gasteiger partial charge in [0.2, 0.25) is 5.91 Å². The van der Waals surface area contributed by atoms with Gasteiger partial charge in [0.25, 0.3) is 5.91 Å². The zero-order chi connectivity index (χ0) is 22.1. The first-order valence-electron chi connectivity index (χ1n) is 9.28. The molecule has 0 unspecified atom stereocenters. The Bertz CT molecular complexity index is 997. The highest BCUT2D eigenvalue weighted by molar-refractivity contribution is 5.99. The van der Waals surface area contributed by atoms with E-state index in [2.05, 4.69) is 10.6 Å². The van der Waals surface area contributed by atoms with Crippen LogP contribution in [0, 0.1) is 32.1 Å². The van der Waals surface area contributed by atoms with Crippen LogP contribution in [0.2, 0.25) is 0 Å². The molecule has 0 aromatic heterocycles. The average Bonchev–Trinajstić information content (AvgIpc) is 2.72. The van der Waals surface area contributed by atoms with Crippen LogP contribution in [-0.2, 0) is 19.1 Å². The van der Waals surface area contributed by atoms with Crippen LogP contribution in [0.3, 0.4) is 0 Å². The van der Waals surface area contributed by atoms with E-state index in [1.807, 2.05) is 51.1 Å². The molecule has 154 valence electrons. The molecule has 0 saturated carbocycles. The molecule has 0 atom stereocenters. The van der Waals surface area contributed by atoms with Crippen molar-refractivity contribution in [2.75, 3.05) is 18.5 Å². The number of carbonyl (C=O) groups is 3. The average molecular weight is 405 g/mol. The molecule has 2 N–H and O–H groups in total. The number of nitrogens with one attached hydrogen (secondary N) is 2. The minimum absolute atomic E-state index is 0.223. The van der Waals surface area contributed by atoms with E-state index in [9.17, 15) is 14.4 Å². The molecule has 0 spiro atoms. The molecule has 0 saturated heterocycles. The van der Waals surface area contributed by atoms with Gasteiger partial charge in [-0.05, 0) is 43.5 Å². The van der Waals surface area contributed by atoms with E-state index in [4.69, 9.17) is 10.00 Å². The molecule has 0 radical (unpaired) electrons. The van der Waals surface area contributed by atoms with Gasteiger partial charge in [0.15, 0.2) is 6.61 Å². The van der Waals surface area contributed by atoms with Gasteiger partial charge in [-0.15, -0.1) is 0 Å². The number of nitriles is 1. The smallest absolute Gasteiger partial charge is 0.349 e. The second-order valence-electron chi connectivity index (χ2n) is 6.75. The molecular formula is C23H23N3O4. The van der Waals surface area contributed by atoms with Crippen molar-refractivity contribution in [2.45, 2.75) is 20.8 Å². The summed E-state index contributed by atoms with van der Waals surface area (Å²) >= 11 is 0. The normalized spacial score (nSPS) is 10.7. The predicted octanol–water partition coefficient (Wildman–Crippen LogP) is 2.82. The van der Waals surface area contributed by atoms with Crippen LogP contribution in [0.1, 0.15) is 22.3 Å². The topological polar surface area (TPSA) is 108 Å². The van der Waals surface area contributed by atoms with Crippen molar-refractivity contribution in [3.05, 3.63) is 70.3 Å². The van der Waals surface area contributed by atoms with Crippen molar-refractivity contribution in [3.63, 3.8) is 0 Å². The molecule has 2 aromatic carbocycles. The van der Waals surface area contributed by atoms with Crippen LogP contribution in [0.25, 0.3) is 6.08 Å². The molecule has 0 aliphatic heterocycles. The quantitative estimate of drug-likeness (QED) is 0.418. The van der Waals surface area contributed by atoms with Gasteiger partial charge in [-0.3, -0.25) is 9.59 Å². The first-order chi connectivity index (χ1) is 14.3. The molecule has 7 heteroatoms. The van der Waals surface area contributed by atoms with E-state index in [0.717, 1.165) is 16.7 Å². The highest BCUT2D eigenvalue weighted by Gasteiger charge is 2.14. The summed E-state index contributed by atoms with van der Waals surface area (Å²) < 4.78 is 4.87. The standard InChI is InChI=1S/C23H23N3O4/c1-15-7-9-18(10-8-15)11-19(12-24)23(29)30-14-21(28)25-13-20(27)26-22-16(2)5-4-6-17(22)3/h4-11H,13-14H2,1-3H3,(H,25,28)(H,26,27)/b19-11+. The lowest BCUT2D eigenvalue weighted by Gasteiger charge is -2.12. The van der Waals surface area contributed by atoms with E-state index in [-0.39, 0.29) is 12.1 Å². The third-order valence-electron chi connectivity index (χ3n) is 4.25. The third kappa shape index (κ3) is 6.60. The van der Waals surface area contributed by atoms with Gasteiger partial charge in [-0.2, -0.15) is 5.26 Å². The summed E-state index contributed by atoms with van der Waals surface area (Å²) in [6.45, 7) is 4.81. The molecule has 2 aromatic rings. The van der Waals surface area contributed by atoms with Crippen molar-refractivity contribution in [1.82, 2.24) is 5.32 Å². The summed E-state index contributed by atoms with van der Waals surface area (Å²) in [6, 6.07) is 14.6. The van der Waals surface area contributed by atoms with Crippen LogP contribution >= 0.6 is 0 Å². The second-order valence-corrected chi connectivity index (χ2v) is 6.75. The number of aryl methyl sites for hydroxylation is 3. The summed E-state index contributed by atoms with van der Waals surface area (Å²) in [7, 11) is 0. The summed E-state index contributed by atoms with van der Waals surface area (Å²) in [5.41, 5.74) is 4.01. The highest BCUT2D eigenvalue weighted by atomic mass is 16.5. The molecule has 7 nitrogen and oxygen atoms in total. The van der Waals surface area contributed by atoms with Crippen LogP contribution in [-0.4, -0.2) is 30.9 Å². The van der Waals surface area contributed by atoms with Gasteiger partial charge in [0.1, 0.15) is 11.6 Å². The van der Waals surface area contributed by atoms with Gasteiger partial charge in [-0.25, -0.2) is 4.79 Å². The van der Waals surface area contributed by atoms with Gasteiger partial charge in [-0.1, -0.05) is 48.0 Å². The largest absolute Gasteiger partial charge is 0.451 e. The molecule has 2 amide bonds. The van der Waals surface area contributed by atoms with E-state index < -0.39 is 24.4 Å². The first kappa shape index (κ1) is 22.4. The molecule has 0 aliphatic carbocycles. The summed E-state index contributed by atoms with van der Waals surface area (Å²) in [5, 5.41) is 14.3. The number of rotatable bonds is 7. The Morgan fingerprint density at radius 1 is 1.00 bits per heavy atom. The summed E-state index contributed by atoms with van der Waals surface area (Å²) in [4.78, 5) is 36.0. The van der Waals surface area contributed by atoms with Gasteiger partial charge >= 0.3 is 5.97 Å². The Balaban J connectivity index is 1.83.